The number of H-pyrrole nitrogens is 1. The molecule has 1 aromatic heterocycles. The van der Waals surface area contributed by atoms with Crippen molar-refractivity contribution in [2.75, 3.05) is 12.7 Å². The first-order valence-electron chi connectivity index (χ1n) is 12.2. The average Bonchev–Trinajstić information content (AvgIpc) is 3.03. The van der Waals surface area contributed by atoms with Crippen LogP contribution in [0.5, 0.6) is 5.75 Å². The van der Waals surface area contributed by atoms with Crippen molar-refractivity contribution in [3.63, 3.8) is 0 Å². The van der Waals surface area contributed by atoms with Crippen LogP contribution in [0.3, 0.4) is 0 Å². The quantitative estimate of drug-likeness (QED) is 0.232. The molecule has 13 heteroatoms. The summed E-state index contributed by atoms with van der Waals surface area (Å²) < 4.78 is 53.8. The van der Waals surface area contributed by atoms with Crippen LogP contribution in [-0.2, 0) is 23.4 Å². The summed E-state index contributed by atoms with van der Waals surface area (Å²) in [5.74, 6) is -1.60. The maximum Gasteiger partial charge on any atom is 0.380 e. The van der Waals surface area contributed by atoms with Gasteiger partial charge in [-0.3, -0.25) is 23.7 Å². The van der Waals surface area contributed by atoms with E-state index >= 15 is 0 Å². The van der Waals surface area contributed by atoms with Crippen LogP contribution in [0, 0.1) is 10.7 Å². The number of para-hydroxylation sites is 1. The zero-order chi connectivity index (χ0) is 28.5. The van der Waals surface area contributed by atoms with Crippen molar-refractivity contribution >= 4 is 25.8 Å². The average molecular weight is 545 g/mol. The molecule has 2 aromatic rings. The normalized spacial score (nSPS) is 27.6. The van der Waals surface area contributed by atoms with Crippen LogP contribution in [0.15, 0.2) is 47.4 Å². The second-order valence-corrected chi connectivity index (χ2v) is 11.2. The van der Waals surface area contributed by atoms with E-state index in [0.717, 1.165) is 10.6 Å². The van der Waals surface area contributed by atoms with Crippen molar-refractivity contribution in [2.24, 2.45) is 5.92 Å². The van der Waals surface area contributed by atoms with Gasteiger partial charge in [-0.1, -0.05) is 25.1 Å². The van der Waals surface area contributed by atoms with E-state index in [0.29, 0.717) is 0 Å². The third kappa shape index (κ3) is 6.70. The summed E-state index contributed by atoms with van der Waals surface area (Å²) in [5, 5.41) is 21.9. The van der Waals surface area contributed by atoms with Crippen LogP contribution in [0.2, 0.25) is 0 Å². The molecule has 0 amide bonds. The molecule has 1 fully saturated rings. The summed E-state index contributed by atoms with van der Waals surface area (Å²) in [6, 6.07) is 8.95. The van der Waals surface area contributed by atoms with Gasteiger partial charge in [0.2, 0.25) is 0 Å². The highest BCUT2D eigenvalue weighted by Gasteiger charge is 2.53. The summed E-state index contributed by atoms with van der Waals surface area (Å²) in [7, 11) is -4.47. The Bertz CT molecular complexity index is 1300. The molecule has 0 bridgehead atoms. The van der Waals surface area contributed by atoms with Gasteiger partial charge in [-0.2, -0.15) is 0 Å². The van der Waals surface area contributed by atoms with Gasteiger partial charge in [-0.15, -0.1) is 0 Å². The molecule has 1 aliphatic rings. The Labute approximate surface area is 216 Å². The molecule has 3 rings (SSSR count). The first kappa shape index (κ1) is 25.3. The second kappa shape index (κ2) is 11.4. The standard InChI is InChI=1S/C23H31N2O9PS/c1-14(2)32-20(28)15(3)13-35(30,34-16-8-6-5-7-9-16)31-12-17-19(27)23(4,29)21(33-17)25-11-10-18(26)24-22(25)36/h5-11,14-15,17,19,21,27,29H,12-13H2,1-4H3,(H,24,26,36)/t15-,17-,19+,21-,23?,35-/m1/s1/i12D2. The number of esters is 1. The fourth-order valence-corrected chi connectivity index (χ4v) is 5.45. The molecule has 3 N–H and O–H groups in total. The number of nitrogens with zero attached hydrogens (tertiary/aromatic N) is 1. The van der Waals surface area contributed by atoms with Gasteiger partial charge in [0, 0.05) is 12.3 Å². The molecule has 0 spiro atoms. The molecule has 0 radical (unpaired) electrons. The molecular formula is C23H31N2O9PS. The lowest BCUT2D eigenvalue weighted by Crippen LogP contribution is -2.44. The van der Waals surface area contributed by atoms with Gasteiger partial charge >= 0.3 is 13.6 Å². The van der Waals surface area contributed by atoms with Crippen molar-refractivity contribution < 1.29 is 40.8 Å². The fourth-order valence-electron chi connectivity index (χ4n) is 3.48. The summed E-state index contributed by atoms with van der Waals surface area (Å²) in [4.78, 5) is 26.3. The molecule has 1 saturated heterocycles. The number of aromatic amines is 1. The topological polar surface area (TPSA) is 149 Å². The van der Waals surface area contributed by atoms with E-state index in [9.17, 15) is 24.4 Å². The van der Waals surface area contributed by atoms with Gasteiger partial charge in [0.25, 0.3) is 5.56 Å². The van der Waals surface area contributed by atoms with Gasteiger partial charge in [0.05, 0.1) is 27.5 Å². The molecule has 6 atom stereocenters. The largest absolute Gasteiger partial charge is 0.463 e. The lowest BCUT2D eigenvalue weighted by molar-refractivity contribution is -0.151. The van der Waals surface area contributed by atoms with Gasteiger partial charge in [0.1, 0.15) is 23.6 Å². The zero-order valence-electron chi connectivity index (χ0n) is 22.2. The summed E-state index contributed by atoms with van der Waals surface area (Å²) in [6.45, 7) is 2.92. The number of ether oxygens (including phenoxy) is 2. The van der Waals surface area contributed by atoms with Crippen LogP contribution < -0.4 is 10.1 Å². The van der Waals surface area contributed by atoms with Gasteiger partial charge in [-0.25, -0.2) is 4.57 Å². The SMILES string of the molecule is [2H]C([2H])(O[P@](=O)(C[C@@H](C)C(=O)OC(C)C)Oc1ccccc1)[C@H]1O[C@@H](n2ccc(=O)[nH]c2=S)C(C)(O)[C@H]1O. The molecule has 1 aromatic carbocycles. The van der Waals surface area contributed by atoms with Gasteiger partial charge in [0.15, 0.2) is 11.0 Å². The Morgan fingerprint density at radius 2 is 2.00 bits per heavy atom. The number of hydrogen-bond acceptors (Lipinski definition) is 10. The third-order valence-electron chi connectivity index (χ3n) is 5.31. The van der Waals surface area contributed by atoms with E-state index < -0.39 is 67.9 Å². The number of carbonyl (C=O) groups is 1. The number of hydrogen-bond donors (Lipinski definition) is 3. The van der Waals surface area contributed by atoms with Crippen LogP contribution in [-0.4, -0.2) is 62.4 Å². The van der Waals surface area contributed by atoms with E-state index in [4.69, 9.17) is 33.5 Å². The van der Waals surface area contributed by atoms with Crippen LogP contribution in [0.1, 0.15) is 36.7 Å². The van der Waals surface area contributed by atoms with E-state index in [-0.39, 0.29) is 10.5 Å². The lowest BCUT2D eigenvalue weighted by Gasteiger charge is -2.28. The number of rotatable bonds is 10. The lowest BCUT2D eigenvalue weighted by atomic mass is 9.96. The van der Waals surface area contributed by atoms with Crippen LogP contribution in [0.25, 0.3) is 0 Å². The predicted molar refractivity (Wildman–Crippen MR) is 132 cm³/mol. The first-order valence-corrected chi connectivity index (χ1v) is 13.3. The Hall–Kier alpha value is -2.34. The predicted octanol–water partition coefficient (Wildman–Crippen LogP) is 2.79. The second-order valence-electron chi connectivity index (χ2n) is 8.89. The maximum absolute atomic E-state index is 13.9. The first-order chi connectivity index (χ1) is 17.6. The number of aromatic nitrogens is 2. The van der Waals surface area contributed by atoms with Crippen molar-refractivity contribution in [2.45, 2.75) is 57.8 Å². The zero-order valence-corrected chi connectivity index (χ0v) is 21.9. The van der Waals surface area contributed by atoms with E-state index in [2.05, 4.69) is 4.98 Å². The maximum atomic E-state index is 13.9. The third-order valence-corrected chi connectivity index (χ3v) is 7.49. The van der Waals surface area contributed by atoms with Gasteiger partial charge < -0.3 is 24.2 Å². The summed E-state index contributed by atoms with van der Waals surface area (Å²) in [6.07, 6.45) is -5.00. The highest BCUT2D eigenvalue weighted by molar-refractivity contribution is 7.71. The molecule has 11 nitrogen and oxygen atoms in total. The molecule has 1 aliphatic heterocycles. The number of nitrogens with one attached hydrogen (secondary N) is 1. The molecular weight excluding hydrogens is 511 g/mol. The molecule has 1 unspecified atom stereocenters. The monoisotopic (exact) mass is 544 g/mol. The van der Waals surface area contributed by atoms with Crippen LogP contribution in [0.4, 0.5) is 0 Å². The van der Waals surface area contributed by atoms with Crippen molar-refractivity contribution in [1.29, 1.82) is 0 Å². The van der Waals surface area contributed by atoms with Crippen molar-refractivity contribution in [1.82, 2.24) is 9.55 Å². The number of aliphatic hydroxyl groups excluding tert-OH is 1. The molecule has 0 aliphatic carbocycles. The minimum Gasteiger partial charge on any atom is -0.463 e. The molecule has 36 heavy (non-hydrogen) atoms. The highest BCUT2D eigenvalue weighted by atomic mass is 32.1. The number of aliphatic hydroxyl groups is 2. The minimum atomic E-state index is -4.47. The van der Waals surface area contributed by atoms with E-state index in [1.807, 2.05) is 0 Å². The van der Waals surface area contributed by atoms with E-state index in [1.165, 1.54) is 32.2 Å². The van der Waals surface area contributed by atoms with Crippen molar-refractivity contribution in [3.05, 3.63) is 57.7 Å². The Balaban J connectivity index is 1.93. The Morgan fingerprint density at radius 1 is 1.33 bits per heavy atom. The smallest absolute Gasteiger partial charge is 0.380 e. The molecule has 0 saturated carbocycles. The highest BCUT2D eigenvalue weighted by Crippen LogP contribution is 2.51. The minimum absolute atomic E-state index is 0.0911. The Kier molecular flexibility index (Phi) is 8.00. The summed E-state index contributed by atoms with van der Waals surface area (Å²) in [5.41, 5.74) is -2.63. The van der Waals surface area contributed by atoms with Gasteiger partial charge in [-0.05, 0) is 45.1 Å². The van der Waals surface area contributed by atoms with E-state index in [1.54, 1.807) is 32.0 Å². The van der Waals surface area contributed by atoms with Crippen LogP contribution >= 0.6 is 19.8 Å². The molecule has 2 heterocycles. The Morgan fingerprint density at radius 3 is 2.61 bits per heavy atom. The fraction of sp³-hybridized carbons (Fsp3) is 0.522. The summed E-state index contributed by atoms with van der Waals surface area (Å²) >= 11 is 5.11. The number of benzene rings is 1. The molecule has 198 valence electrons. The number of carbonyl (C=O) groups excluding carboxylic acids is 1. The van der Waals surface area contributed by atoms with Crippen molar-refractivity contribution in [3.8, 4) is 5.75 Å².